The molecule has 0 spiro atoms. The van der Waals surface area contributed by atoms with E-state index in [0.29, 0.717) is 38.3 Å². The second-order valence-corrected chi connectivity index (χ2v) is 7.33. The molecule has 0 atom stereocenters. The lowest BCUT2D eigenvalue weighted by Gasteiger charge is -2.38. The topological polar surface area (TPSA) is 108 Å². The number of carbonyl (C=O) groups is 3. The second kappa shape index (κ2) is 9.63. The summed E-state index contributed by atoms with van der Waals surface area (Å²) in [6.07, 6.45) is 10.4. The quantitative estimate of drug-likeness (QED) is 0.477. The molecule has 0 unspecified atom stereocenters. The summed E-state index contributed by atoms with van der Waals surface area (Å²) in [5.74, 6) is -1.12. The molecule has 3 amide bonds. The predicted octanol–water partition coefficient (Wildman–Crippen LogP) is 2.30. The van der Waals surface area contributed by atoms with Gasteiger partial charge in [0.25, 0.3) is 0 Å². The van der Waals surface area contributed by atoms with E-state index in [0.717, 1.165) is 32.1 Å². The van der Waals surface area contributed by atoms with Gasteiger partial charge in [-0.3, -0.25) is 4.79 Å². The molecule has 25 heavy (non-hydrogen) atoms. The Kier molecular flexibility index (Phi) is 7.52. The molecule has 0 aromatic rings. The average molecular weight is 353 g/mol. The van der Waals surface area contributed by atoms with Crippen molar-refractivity contribution >= 4 is 17.9 Å². The lowest BCUT2D eigenvalue weighted by Crippen LogP contribution is -2.59. The molecule has 2 fully saturated rings. The monoisotopic (exact) mass is 353 g/mol. The Morgan fingerprint density at radius 2 is 1.68 bits per heavy atom. The van der Waals surface area contributed by atoms with Gasteiger partial charge in [-0.15, -0.1) is 0 Å². The van der Waals surface area contributed by atoms with Crippen LogP contribution < -0.4 is 16.0 Å². The summed E-state index contributed by atoms with van der Waals surface area (Å²) in [5, 5.41) is 17.7. The Balaban J connectivity index is 1.48. The molecule has 7 heteroatoms. The Hall–Kier alpha value is -1.79. The first-order valence-electron chi connectivity index (χ1n) is 9.61. The average Bonchev–Trinajstić information content (AvgIpc) is 2.54. The van der Waals surface area contributed by atoms with E-state index < -0.39 is 11.5 Å². The number of nitrogens with one attached hydrogen (secondary N) is 3. The van der Waals surface area contributed by atoms with Crippen LogP contribution in [0.1, 0.15) is 77.0 Å². The lowest BCUT2D eigenvalue weighted by molar-refractivity contribution is -0.151. The van der Waals surface area contributed by atoms with E-state index in [1.54, 1.807) is 0 Å². The number of carboxylic acids is 1. The first kappa shape index (κ1) is 19.5. The fraction of sp³-hybridized carbons (Fsp3) is 0.833. The summed E-state index contributed by atoms with van der Waals surface area (Å²) in [6.45, 7) is 0.596. The summed E-state index contributed by atoms with van der Waals surface area (Å²) in [6, 6.07) is 0.212. The molecule has 2 saturated carbocycles. The van der Waals surface area contributed by atoms with Gasteiger partial charge >= 0.3 is 12.0 Å². The van der Waals surface area contributed by atoms with Crippen LogP contribution in [0, 0.1) is 0 Å². The number of amides is 3. The molecule has 0 saturated heterocycles. The zero-order chi connectivity index (χ0) is 18.1. The molecule has 2 aliphatic rings. The van der Waals surface area contributed by atoms with Crippen molar-refractivity contribution in [3.63, 3.8) is 0 Å². The Morgan fingerprint density at radius 3 is 2.28 bits per heavy atom. The molecular weight excluding hydrogens is 322 g/mol. The van der Waals surface area contributed by atoms with E-state index in [1.165, 1.54) is 19.3 Å². The summed E-state index contributed by atoms with van der Waals surface area (Å²) < 4.78 is 0. The molecule has 2 aliphatic carbocycles. The number of carbonyl (C=O) groups excluding carboxylic acids is 2. The second-order valence-electron chi connectivity index (χ2n) is 7.33. The van der Waals surface area contributed by atoms with Gasteiger partial charge in [0, 0.05) is 19.0 Å². The third-order valence-corrected chi connectivity index (χ3v) is 5.30. The predicted molar refractivity (Wildman–Crippen MR) is 94.2 cm³/mol. The molecule has 4 N–H and O–H groups in total. The number of aliphatic carboxylic acids is 1. The molecule has 0 aromatic carbocycles. The van der Waals surface area contributed by atoms with E-state index in [9.17, 15) is 19.5 Å². The van der Waals surface area contributed by atoms with Gasteiger partial charge in [-0.25, -0.2) is 9.59 Å². The molecule has 0 heterocycles. The van der Waals surface area contributed by atoms with Gasteiger partial charge in [0.05, 0.1) is 0 Å². The van der Waals surface area contributed by atoms with Gasteiger partial charge in [0.2, 0.25) is 5.91 Å². The van der Waals surface area contributed by atoms with Crippen LogP contribution in [0.2, 0.25) is 0 Å². The van der Waals surface area contributed by atoms with Gasteiger partial charge in [0.15, 0.2) is 0 Å². The van der Waals surface area contributed by atoms with Gasteiger partial charge in [-0.2, -0.15) is 0 Å². The van der Waals surface area contributed by atoms with Gasteiger partial charge in [0.1, 0.15) is 5.54 Å². The summed E-state index contributed by atoms with van der Waals surface area (Å²) in [5.41, 5.74) is -1.02. The molecule has 0 bridgehead atoms. The minimum absolute atomic E-state index is 0.0990. The Labute approximate surface area is 149 Å². The maximum atomic E-state index is 11.9. The minimum atomic E-state index is -1.02. The highest BCUT2D eigenvalue weighted by molar-refractivity contribution is 5.87. The molecular formula is C18H31N3O4. The van der Waals surface area contributed by atoms with Crippen molar-refractivity contribution in [1.29, 1.82) is 0 Å². The van der Waals surface area contributed by atoms with E-state index in [2.05, 4.69) is 16.0 Å². The Morgan fingerprint density at radius 1 is 0.960 bits per heavy atom. The first-order valence-corrected chi connectivity index (χ1v) is 9.61. The summed E-state index contributed by atoms with van der Waals surface area (Å²) >= 11 is 0. The molecule has 7 nitrogen and oxygen atoms in total. The molecule has 0 aliphatic heterocycles. The number of urea groups is 1. The summed E-state index contributed by atoms with van der Waals surface area (Å²) in [7, 11) is 0. The van der Waals surface area contributed by atoms with Crippen LogP contribution in [0.5, 0.6) is 0 Å². The fourth-order valence-electron chi connectivity index (χ4n) is 3.52. The van der Waals surface area contributed by atoms with Crippen molar-refractivity contribution < 1.29 is 19.5 Å². The van der Waals surface area contributed by atoms with E-state index >= 15 is 0 Å². The number of hydrogen-bond acceptors (Lipinski definition) is 3. The molecule has 2 rings (SSSR count). The third-order valence-electron chi connectivity index (χ3n) is 5.30. The highest BCUT2D eigenvalue weighted by Gasteiger charge is 2.45. The number of carboxylic acid groups (broad SMARTS) is 1. The SMILES string of the molecule is O=C(CCCCCNC(=O)NC1CCCCC1)NC1(C(=O)O)CCC1. The highest BCUT2D eigenvalue weighted by Crippen LogP contribution is 2.32. The molecule has 142 valence electrons. The zero-order valence-corrected chi connectivity index (χ0v) is 14.9. The van der Waals surface area contributed by atoms with Crippen molar-refractivity contribution in [2.45, 2.75) is 88.6 Å². The third kappa shape index (κ3) is 6.21. The highest BCUT2D eigenvalue weighted by atomic mass is 16.4. The fourth-order valence-corrected chi connectivity index (χ4v) is 3.52. The van der Waals surface area contributed by atoms with Crippen molar-refractivity contribution in [3.05, 3.63) is 0 Å². The lowest BCUT2D eigenvalue weighted by atomic mass is 9.76. The van der Waals surface area contributed by atoms with Crippen molar-refractivity contribution in [1.82, 2.24) is 16.0 Å². The van der Waals surface area contributed by atoms with Crippen molar-refractivity contribution in [3.8, 4) is 0 Å². The van der Waals surface area contributed by atoms with Gasteiger partial charge < -0.3 is 21.1 Å². The minimum Gasteiger partial charge on any atom is -0.480 e. The van der Waals surface area contributed by atoms with Crippen LogP contribution in [-0.2, 0) is 9.59 Å². The molecule has 0 aromatic heterocycles. The molecule has 0 radical (unpaired) electrons. The number of rotatable bonds is 9. The zero-order valence-electron chi connectivity index (χ0n) is 14.9. The van der Waals surface area contributed by atoms with E-state index in [-0.39, 0.29) is 11.9 Å². The van der Waals surface area contributed by atoms with Gasteiger partial charge in [-0.05, 0) is 44.9 Å². The van der Waals surface area contributed by atoms with E-state index in [4.69, 9.17) is 0 Å². The van der Waals surface area contributed by atoms with Crippen LogP contribution in [0.3, 0.4) is 0 Å². The van der Waals surface area contributed by atoms with Gasteiger partial charge in [-0.1, -0.05) is 25.7 Å². The van der Waals surface area contributed by atoms with Crippen LogP contribution in [-0.4, -0.2) is 41.1 Å². The van der Waals surface area contributed by atoms with Crippen molar-refractivity contribution in [2.75, 3.05) is 6.54 Å². The Bertz CT molecular complexity index is 471. The summed E-state index contributed by atoms with van der Waals surface area (Å²) in [4.78, 5) is 34.8. The smallest absolute Gasteiger partial charge is 0.329 e. The number of hydrogen-bond donors (Lipinski definition) is 4. The maximum absolute atomic E-state index is 11.9. The first-order chi connectivity index (χ1) is 12.0. The van der Waals surface area contributed by atoms with Crippen molar-refractivity contribution in [2.24, 2.45) is 0 Å². The standard InChI is InChI=1S/C18H31N3O4/c22-15(21-18(16(23)24)11-7-12-18)10-5-2-6-13-19-17(25)20-14-8-3-1-4-9-14/h14H,1-13H2,(H,21,22)(H,23,24)(H2,19,20,25). The van der Waals surface area contributed by atoms with Crippen LogP contribution in [0.4, 0.5) is 4.79 Å². The van der Waals surface area contributed by atoms with Crippen LogP contribution in [0.25, 0.3) is 0 Å². The van der Waals surface area contributed by atoms with Crippen LogP contribution in [0.15, 0.2) is 0 Å². The van der Waals surface area contributed by atoms with E-state index in [1.807, 2.05) is 0 Å². The largest absolute Gasteiger partial charge is 0.480 e. The normalized spacial score (nSPS) is 19.5. The van der Waals surface area contributed by atoms with Crippen LogP contribution >= 0.6 is 0 Å². The number of unbranched alkanes of at least 4 members (excludes halogenated alkanes) is 2. The maximum Gasteiger partial charge on any atom is 0.329 e.